The first-order chi connectivity index (χ1) is 10.2. The van der Waals surface area contributed by atoms with E-state index in [4.69, 9.17) is 11.6 Å². The Bertz CT molecular complexity index is 484. The quantitative estimate of drug-likeness (QED) is 0.896. The molecule has 116 valence electrons. The third kappa shape index (κ3) is 3.21. The first-order valence-corrected chi connectivity index (χ1v) is 8.22. The Labute approximate surface area is 130 Å². The number of piperidine rings is 3. The maximum absolute atomic E-state index is 6.07. The lowest BCUT2D eigenvalue weighted by molar-refractivity contribution is 0.0972. The fourth-order valence-corrected chi connectivity index (χ4v) is 3.50. The van der Waals surface area contributed by atoms with Gasteiger partial charge in [-0.25, -0.2) is 0 Å². The monoisotopic (exact) mass is 310 g/mol. The minimum Gasteiger partial charge on any atom is -0.350 e. The first kappa shape index (κ1) is 14.8. The van der Waals surface area contributed by atoms with Gasteiger partial charge < -0.3 is 15.1 Å². The van der Waals surface area contributed by atoms with Crippen molar-refractivity contribution in [1.82, 2.24) is 19.9 Å². The van der Waals surface area contributed by atoms with Crippen molar-refractivity contribution in [2.45, 2.75) is 32.7 Å². The van der Waals surface area contributed by atoms with E-state index in [1.54, 1.807) is 0 Å². The lowest BCUT2D eigenvalue weighted by atomic mass is 9.84. The third-order valence-corrected chi connectivity index (χ3v) is 4.78. The number of anilines is 2. The lowest BCUT2D eigenvalue weighted by Crippen LogP contribution is -2.53. The van der Waals surface area contributed by atoms with Gasteiger partial charge in [-0.05, 0) is 57.3 Å². The number of fused-ring (bicyclic) bond motifs is 3. The van der Waals surface area contributed by atoms with Gasteiger partial charge in [0.2, 0.25) is 17.2 Å². The summed E-state index contributed by atoms with van der Waals surface area (Å²) in [5, 5.41) is 3.74. The van der Waals surface area contributed by atoms with Crippen molar-refractivity contribution < 1.29 is 0 Å². The van der Waals surface area contributed by atoms with Crippen molar-refractivity contribution in [3.63, 3.8) is 0 Å². The van der Waals surface area contributed by atoms with Gasteiger partial charge in [-0.2, -0.15) is 15.0 Å². The molecule has 3 aliphatic heterocycles. The molecule has 2 bridgehead atoms. The van der Waals surface area contributed by atoms with Crippen LogP contribution in [0.2, 0.25) is 5.28 Å². The zero-order valence-electron chi connectivity index (χ0n) is 12.7. The zero-order valence-corrected chi connectivity index (χ0v) is 13.5. The molecule has 3 saturated heterocycles. The molecule has 0 radical (unpaired) electrons. The maximum Gasteiger partial charge on any atom is 0.231 e. The standard InChI is InChI=1S/C14H23ClN6/c1-3-21(4-2)14-18-12(15)17-13(19-14)16-11-9-20-7-5-10(11)6-8-20/h10-11H,3-9H2,1-2H3,(H,16,17,18,19). The van der Waals surface area contributed by atoms with Crippen molar-refractivity contribution in [2.24, 2.45) is 5.92 Å². The molecule has 4 heterocycles. The zero-order chi connectivity index (χ0) is 14.8. The number of aromatic nitrogens is 3. The average Bonchev–Trinajstić information content (AvgIpc) is 2.49. The number of nitrogens with zero attached hydrogens (tertiary/aromatic N) is 5. The molecule has 0 spiro atoms. The normalized spacial score (nSPS) is 27.7. The number of rotatable bonds is 5. The summed E-state index contributed by atoms with van der Waals surface area (Å²) in [6.07, 6.45) is 2.53. The van der Waals surface area contributed by atoms with Gasteiger partial charge in [0.1, 0.15) is 0 Å². The smallest absolute Gasteiger partial charge is 0.231 e. The van der Waals surface area contributed by atoms with Crippen LogP contribution in [-0.4, -0.2) is 58.6 Å². The van der Waals surface area contributed by atoms with E-state index in [0.717, 1.165) is 25.6 Å². The molecule has 1 aromatic heterocycles. The molecule has 0 aliphatic carbocycles. The fourth-order valence-electron chi connectivity index (χ4n) is 3.35. The summed E-state index contributed by atoms with van der Waals surface area (Å²) in [6, 6.07) is 0.426. The summed E-state index contributed by atoms with van der Waals surface area (Å²) in [5.74, 6) is 1.99. The second-order valence-corrected chi connectivity index (χ2v) is 6.13. The summed E-state index contributed by atoms with van der Waals surface area (Å²) in [4.78, 5) is 17.6. The summed E-state index contributed by atoms with van der Waals surface area (Å²) < 4.78 is 0. The molecular formula is C14H23ClN6. The second kappa shape index (κ2) is 6.32. The molecule has 1 aromatic rings. The van der Waals surface area contributed by atoms with Crippen LogP contribution in [0, 0.1) is 5.92 Å². The summed E-state index contributed by atoms with van der Waals surface area (Å²) in [7, 11) is 0. The van der Waals surface area contributed by atoms with Gasteiger partial charge in [0.25, 0.3) is 0 Å². The van der Waals surface area contributed by atoms with Gasteiger partial charge in [-0.15, -0.1) is 0 Å². The van der Waals surface area contributed by atoms with Crippen LogP contribution < -0.4 is 10.2 Å². The van der Waals surface area contributed by atoms with Crippen molar-refractivity contribution in [2.75, 3.05) is 42.9 Å². The molecule has 6 nitrogen and oxygen atoms in total. The van der Waals surface area contributed by atoms with Gasteiger partial charge in [-0.3, -0.25) is 0 Å². The van der Waals surface area contributed by atoms with E-state index in [1.807, 2.05) is 0 Å². The van der Waals surface area contributed by atoms with Crippen LogP contribution in [0.25, 0.3) is 0 Å². The molecule has 3 fully saturated rings. The van der Waals surface area contributed by atoms with E-state index < -0.39 is 0 Å². The Hall–Kier alpha value is -1.14. The number of nitrogens with one attached hydrogen (secondary N) is 1. The molecule has 7 heteroatoms. The lowest BCUT2D eigenvalue weighted by Gasteiger charge is -2.44. The SMILES string of the molecule is CCN(CC)c1nc(Cl)nc(NC2CN3CCC2CC3)n1. The predicted octanol–water partition coefficient (Wildman–Crippen LogP) is 1.88. The molecule has 1 atom stereocenters. The molecule has 21 heavy (non-hydrogen) atoms. The van der Waals surface area contributed by atoms with Crippen LogP contribution in [0.5, 0.6) is 0 Å². The minimum absolute atomic E-state index is 0.260. The number of hydrogen-bond donors (Lipinski definition) is 1. The Kier molecular flexibility index (Phi) is 4.45. The molecule has 0 saturated carbocycles. The second-order valence-electron chi connectivity index (χ2n) is 5.79. The minimum atomic E-state index is 0.260. The topological polar surface area (TPSA) is 57.2 Å². The predicted molar refractivity (Wildman–Crippen MR) is 85.0 cm³/mol. The van der Waals surface area contributed by atoms with Gasteiger partial charge >= 0.3 is 0 Å². The molecule has 0 amide bonds. The van der Waals surface area contributed by atoms with Gasteiger partial charge in [0, 0.05) is 25.7 Å². The van der Waals surface area contributed by atoms with E-state index in [2.05, 4.69) is 43.9 Å². The van der Waals surface area contributed by atoms with E-state index >= 15 is 0 Å². The first-order valence-electron chi connectivity index (χ1n) is 7.85. The van der Waals surface area contributed by atoms with Crippen LogP contribution in [0.3, 0.4) is 0 Å². The van der Waals surface area contributed by atoms with Crippen LogP contribution in [0.4, 0.5) is 11.9 Å². The molecule has 1 unspecified atom stereocenters. The average molecular weight is 311 g/mol. The van der Waals surface area contributed by atoms with Crippen molar-refractivity contribution in [3.05, 3.63) is 5.28 Å². The van der Waals surface area contributed by atoms with Crippen molar-refractivity contribution in [1.29, 1.82) is 0 Å². The van der Waals surface area contributed by atoms with Crippen molar-refractivity contribution >= 4 is 23.5 Å². The number of hydrogen-bond acceptors (Lipinski definition) is 6. The highest BCUT2D eigenvalue weighted by Gasteiger charge is 2.34. The largest absolute Gasteiger partial charge is 0.350 e. The molecule has 0 aromatic carbocycles. The van der Waals surface area contributed by atoms with Gasteiger partial charge in [0.05, 0.1) is 0 Å². The number of halogens is 1. The Balaban J connectivity index is 1.76. The highest BCUT2D eigenvalue weighted by molar-refractivity contribution is 6.28. The van der Waals surface area contributed by atoms with Crippen LogP contribution in [-0.2, 0) is 0 Å². The Morgan fingerprint density at radius 3 is 2.48 bits per heavy atom. The molecule has 1 N–H and O–H groups in total. The van der Waals surface area contributed by atoms with E-state index in [-0.39, 0.29) is 5.28 Å². The molecular weight excluding hydrogens is 288 g/mol. The van der Waals surface area contributed by atoms with Crippen LogP contribution in [0.1, 0.15) is 26.7 Å². The highest BCUT2D eigenvalue weighted by Crippen LogP contribution is 2.29. The highest BCUT2D eigenvalue weighted by atomic mass is 35.5. The molecule has 3 aliphatic rings. The fraction of sp³-hybridized carbons (Fsp3) is 0.786. The third-order valence-electron chi connectivity index (χ3n) is 4.61. The van der Waals surface area contributed by atoms with E-state index in [9.17, 15) is 0 Å². The van der Waals surface area contributed by atoms with E-state index in [1.165, 1.54) is 25.9 Å². The Morgan fingerprint density at radius 1 is 1.19 bits per heavy atom. The van der Waals surface area contributed by atoms with Crippen LogP contribution in [0.15, 0.2) is 0 Å². The molecule has 4 rings (SSSR count). The van der Waals surface area contributed by atoms with Gasteiger partial charge in [-0.1, -0.05) is 0 Å². The van der Waals surface area contributed by atoms with Gasteiger partial charge in [0.15, 0.2) is 0 Å². The Morgan fingerprint density at radius 2 is 1.90 bits per heavy atom. The van der Waals surface area contributed by atoms with E-state index in [0.29, 0.717) is 17.9 Å². The van der Waals surface area contributed by atoms with Crippen molar-refractivity contribution in [3.8, 4) is 0 Å². The summed E-state index contributed by atoms with van der Waals surface area (Å²) in [5.41, 5.74) is 0. The van der Waals surface area contributed by atoms with Crippen LogP contribution >= 0.6 is 11.6 Å². The summed E-state index contributed by atoms with van der Waals surface area (Å²) in [6.45, 7) is 9.42. The summed E-state index contributed by atoms with van der Waals surface area (Å²) >= 11 is 6.07. The maximum atomic E-state index is 6.07.